The highest BCUT2D eigenvalue weighted by atomic mass is 127. The fraction of sp³-hybridized carbons (Fsp3) is 0.750. The van der Waals surface area contributed by atoms with E-state index in [9.17, 15) is 9.59 Å². The highest BCUT2D eigenvalue weighted by molar-refractivity contribution is 14.1. The fourth-order valence-corrected chi connectivity index (χ4v) is 1.15. The molecule has 1 saturated heterocycles. The zero-order valence-electron chi connectivity index (χ0n) is 7.73. The topological polar surface area (TPSA) is 52.6 Å². The number of halogens is 1. The molecular weight excluding hydrogens is 298 g/mol. The van der Waals surface area contributed by atoms with E-state index in [1.807, 2.05) is 22.6 Å². The van der Waals surface area contributed by atoms with Gasteiger partial charge in [-0.25, -0.2) is 4.79 Å². The van der Waals surface area contributed by atoms with Gasteiger partial charge in [0.25, 0.3) is 0 Å². The molecule has 2 radical (unpaired) electrons. The first-order valence-corrected chi connectivity index (χ1v) is 5.53. The number of carbonyl (C=O) groups is 2. The van der Waals surface area contributed by atoms with Crippen LogP contribution in [-0.2, 0) is 19.1 Å². The summed E-state index contributed by atoms with van der Waals surface area (Å²) in [6, 6.07) is 0. The molecule has 76 valence electrons. The first kappa shape index (κ1) is 11.8. The summed E-state index contributed by atoms with van der Waals surface area (Å²) in [5.74, 6) is -1.21. The third-order valence-corrected chi connectivity index (χ3v) is 3.48. The second-order valence-electron chi connectivity index (χ2n) is 3.14. The van der Waals surface area contributed by atoms with Gasteiger partial charge in [-0.2, -0.15) is 0 Å². The molecule has 3 atom stereocenters. The molecule has 14 heavy (non-hydrogen) atoms. The van der Waals surface area contributed by atoms with Crippen molar-refractivity contribution in [1.82, 2.24) is 0 Å². The number of carbonyl (C=O) groups excluding carboxylic acids is 2. The van der Waals surface area contributed by atoms with Gasteiger partial charge in [0.05, 0.1) is 14.5 Å². The number of cyclic esters (lactones) is 1. The molecule has 1 fully saturated rings. The maximum atomic E-state index is 11.4. The molecule has 0 spiro atoms. The molecule has 0 N–H and O–H groups in total. The number of alkyl halides is 1. The lowest BCUT2D eigenvalue weighted by atomic mass is 9.87. The summed E-state index contributed by atoms with van der Waals surface area (Å²) in [6.07, 6.45) is -0.300. The molecule has 0 aromatic rings. The molecule has 3 unspecified atom stereocenters. The highest BCUT2D eigenvalue weighted by Gasteiger charge is 2.32. The number of ether oxygens (including phenoxy) is 2. The smallest absolute Gasteiger partial charge is 0.347 e. The Morgan fingerprint density at radius 2 is 2.43 bits per heavy atom. The van der Waals surface area contributed by atoms with Crippen molar-refractivity contribution in [2.75, 3.05) is 6.61 Å². The number of hydrogen-bond acceptors (Lipinski definition) is 4. The van der Waals surface area contributed by atoms with Gasteiger partial charge in [0.1, 0.15) is 3.92 Å². The second kappa shape index (κ2) is 5.00. The second-order valence-corrected chi connectivity index (χ2v) is 4.48. The van der Waals surface area contributed by atoms with Crippen LogP contribution in [0.3, 0.4) is 0 Å². The average molecular weight is 308 g/mol. The standard InChI is InChI=1S/C8H10BIO4/c1-4(9)6(10)8(12)14-5-2-3-13-7(5)11/h4-6H,2-3H2,1H3. The van der Waals surface area contributed by atoms with Crippen LogP contribution in [0.2, 0.25) is 5.82 Å². The highest BCUT2D eigenvalue weighted by Crippen LogP contribution is 2.19. The monoisotopic (exact) mass is 308 g/mol. The quantitative estimate of drug-likeness (QED) is 0.332. The number of esters is 2. The zero-order chi connectivity index (χ0) is 10.7. The van der Waals surface area contributed by atoms with Gasteiger partial charge in [-0.15, -0.1) is 0 Å². The third kappa shape index (κ3) is 2.86. The molecular formula is C8H10BIO4. The van der Waals surface area contributed by atoms with Gasteiger partial charge < -0.3 is 9.47 Å². The lowest BCUT2D eigenvalue weighted by Gasteiger charge is -2.15. The summed E-state index contributed by atoms with van der Waals surface area (Å²) in [6.45, 7) is 2.03. The van der Waals surface area contributed by atoms with Gasteiger partial charge in [0, 0.05) is 6.42 Å². The molecule has 0 bridgehead atoms. The van der Waals surface area contributed by atoms with Gasteiger partial charge in [-0.3, -0.25) is 4.79 Å². The van der Waals surface area contributed by atoms with E-state index in [0.29, 0.717) is 13.0 Å². The van der Waals surface area contributed by atoms with E-state index in [4.69, 9.17) is 12.6 Å². The molecule has 0 aromatic carbocycles. The largest absolute Gasteiger partial charge is 0.463 e. The van der Waals surface area contributed by atoms with Crippen LogP contribution in [0.15, 0.2) is 0 Å². The van der Waals surface area contributed by atoms with E-state index in [0.717, 1.165) is 0 Å². The molecule has 0 aromatic heterocycles. The van der Waals surface area contributed by atoms with Crippen LogP contribution in [0, 0.1) is 0 Å². The van der Waals surface area contributed by atoms with Crippen LogP contribution < -0.4 is 0 Å². The molecule has 4 nitrogen and oxygen atoms in total. The molecule has 1 aliphatic heterocycles. The van der Waals surface area contributed by atoms with Crippen LogP contribution in [0.5, 0.6) is 0 Å². The van der Waals surface area contributed by atoms with E-state index >= 15 is 0 Å². The summed E-state index contributed by atoms with van der Waals surface area (Å²) in [7, 11) is 5.52. The van der Waals surface area contributed by atoms with E-state index in [1.54, 1.807) is 6.92 Å². The maximum absolute atomic E-state index is 11.4. The van der Waals surface area contributed by atoms with Crippen molar-refractivity contribution in [2.24, 2.45) is 0 Å². The Bertz CT molecular complexity index is 243. The average Bonchev–Trinajstić information content (AvgIpc) is 2.50. The van der Waals surface area contributed by atoms with Crippen molar-refractivity contribution in [1.29, 1.82) is 0 Å². The Morgan fingerprint density at radius 3 is 2.86 bits per heavy atom. The lowest BCUT2D eigenvalue weighted by Crippen LogP contribution is -2.29. The van der Waals surface area contributed by atoms with E-state index < -0.39 is 22.0 Å². The van der Waals surface area contributed by atoms with Crippen LogP contribution in [0.1, 0.15) is 13.3 Å². The van der Waals surface area contributed by atoms with Crippen molar-refractivity contribution in [2.45, 2.75) is 29.2 Å². The molecule has 1 rings (SSSR count). The predicted molar refractivity (Wildman–Crippen MR) is 58.4 cm³/mol. The summed E-state index contributed by atoms with van der Waals surface area (Å²) < 4.78 is 9.17. The summed E-state index contributed by atoms with van der Waals surface area (Å²) >= 11 is 1.90. The first-order chi connectivity index (χ1) is 6.52. The Hall–Kier alpha value is -0.265. The molecule has 1 heterocycles. The van der Waals surface area contributed by atoms with Crippen LogP contribution in [0.4, 0.5) is 0 Å². The first-order valence-electron chi connectivity index (χ1n) is 4.29. The zero-order valence-corrected chi connectivity index (χ0v) is 9.89. The predicted octanol–water partition coefficient (Wildman–Crippen LogP) is 0.626. The lowest BCUT2D eigenvalue weighted by molar-refractivity contribution is -0.159. The Balaban J connectivity index is 2.44. The van der Waals surface area contributed by atoms with Crippen LogP contribution >= 0.6 is 22.6 Å². The SMILES string of the molecule is [B]C(C)C(I)C(=O)OC1CCOC1=O. The number of hydrogen-bond donors (Lipinski definition) is 0. The van der Waals surface area contributed by atoms with E-state index in [2.05, 4.69) is 4.74 Å². The summed E-state index contributed by atoms with van der Waals surface area (Å²) in [5.41, 5.74) is 0. The van der Waals surface area contributed by atoms with E-state index in [-0.39, 0.29) is 5.82 Å². The van der Waals surface area contributed by atoms with Crippen LogP contribution in [0.25, 0.3) is 0 Å². The minimum absolute atomic E-state index is 0.291. The Kier molecular flexibility index (Phi) is 4.21. The van der Waals surface area contributed by atoms with E-state index in [1.165, 1.54) is 0 Å². The molecule has 6 heteroatoms. The van der Waals surface area contributed by atoms with Gasteiger partial charge in [-0.05, 0) is 0 Å². The van der Waals surface area contributed by atoms with Crippen molar-refractivity contribution in [3.63, 3.8) is 0 Å². The fourth-order valence-electron chi connectivity index (χ4n) is 1.00. The van der Waals surface area contributed by atoms with Gasteiger partial charge in [0.15, 0.2) is 0 Å². The molecule has 0 saturated carbocycles. The summed E-state index contributed by atoms with van der Waals surface area (Å²) in [5, 5.41) is 0. The van der Waals surface area contributed by atoms with Crippen LogP contribution in [-0.4, -0.2) is 36.4 Å². The normalized spacial score (nSPS) is 25.3. The minimum Gasteiger partial charge on any atom is -0.463 e. The molecule has 0 aliphatic carbocycles. The van der Waals surface area contributed by atoms with Crippen molar-refractivity contribution in [3.8, 4) is 0 Å². The molecule has 1 aliphatic rings. The van der Waals surface area contributed by atoms with Gasteiger partial charge in [-0.1, -0.05) is 35.3 Å². The van der Waals surface area contributed by atoms with Gasteiger partial charge in [0.2, 0.25) is 6.10 Å². The van der Waals surface area contributed by atoms with Crippen molar-refractivity contribution in [3.05, 3.63) is 0 Å². The Morgan fingerprint density at radius 1 is 1.79 bits per heavy atom. The third-order valence-electron chi connectivity index (χ3n) is 1.83. The Labute approximate surface area is 97.3 Å². The van der Waals surface area contributed by atoms with Crippen molar-refractivity contribution >= 4 is 42.4 Å². The number of rotatable bonds is 3. The van der Waals surface area contributed by atoms with Crippen molar-refractivity contribution < 1.29 is 19.1 Å². The minimum atomic E-state index is -0.737. The summed E-state index contributed by atoms with van der Waals surface area (Å²) in [4.78, 5) is 22.3. The maximum Gasteiger partial charge on any atom is 0.347 e. The van der Waals surface area contributed by atoms with Gasteiger partial charge >= 0.3 is 11.9 Å². The molecule has 0 amide bonds.